The lowest BCUT2D eigenvalue weighted by Crippen LogP contribution is -2.32. The van der Waals surface area contributed by atoms with Gasteiger partial charge in [0.2, 0.25) is 0 Å². The summed E-state index contributed by atoms with van der Waals surface area (Å²) >= 11 is 0. The van der Waals surface area contributed by atoms with Gasteiger partial charge in [-0.25, -0.2) is 4.79 Å². The van der Waals surface area contributed by atoms with Gasteiger partial charge >= 0.3 is 5.97 Å². The number of aliphatic hydroxyl groups is 2. The highest BCUT2D eigenvalue weighted by atomic mass is 16.6. The van der Waals surface area contributed by atoms with E-state index in [0.717, 1.165) is 11.1 Å². The van der Waals surface area contributed by atoms with Crippen LogP contribution in [0.4, 0.5) is 0 Å². The summed E-state index contributed by atoms with van der Waals surface area (Å²) in [6.45, 7) is 5.49. The van der Waals surface area contributed by atoms with E-state index in [1.54, 1.807) is 6.07 Å². The first-order valence-electron chi connectivity index (χ1n) is 7.86. The third-order valence-corrected chi connectivity index (χ3v) is 4.10. The van der Waals surface area contributed by atoms with Crippen molar-refractivity contribution in [2.24, 2.45) is 0 Å². The summed E-state index contributed by atoms with van der Waals surface area (Å²) in [6, 6.07) is 3.16. The van der Waals surface area contributed by atoms with Gasteiger partial charge in [-0.15, -0.1) is 0 Å². The molecule has 1 aliphatic rings. The Hall–Kier alpha value is -1.85. The minimum absolute atomic E-state index is 0.00232. The van der Waals surface area contributed by atoms with E-state index >= 15 is 0 Å². The van der Waals surface area contributed by atoms with E-state index in [1.165, 1.54) is 13.0 Å². The number of benzene rings is 1. The molecule has 1 aliphatic heterocycles. The molecule has 5 nitrogen and oxygen atoms in total. The highest BCUT2D eigenvalue weighted by molar-refractivity contribution is 5.95. The van der Waals surface area contributed by atoms with Crippen LogP contribution in [0.25, 0.3) is 0 Å². The maximum absolute atomic E-state index is 12.4. The molecule has 126 valence electrons. The van der Waals surface area contributed by atoms with Crippen molar-refractivity contribution in [1.82, 2.24) is 0 Å². The molecule has 1 heterocycles. The van der Waals surface area contributed by atoms with Crippen LogP contribution in [0.3, 0.4) is 0 Å². The maximum Gasteiger partial charge on any atom is 0.342 e. The molecule has 0 aromatic heterocycles. The molecule has 1 aromatic rings. The number of aliphatic hydroxyl groups excluding tert-OH is 2. The van der Waals surface area contributed by atoms with E-state index in [9.17, 15) is 20.1 Å². The zero-order valence-electron chi connectivity index (χ0n) is 13.7. The molecule has 1 aromatic carbocycles. The summed E-state index contributed by atoms with van der Waals surface area (Å²) < 4.78 is 5.31. The molecule has 0 radical (unpaired) electrons. The topological polar surface area (TPSA) is 87.0 Å². The Morgan fingerprint density at radius 2 is 2.09 bits per heavy atom. The van der Waals surface area contributed by atoms with Gasteiger partial charge in [0.05, 0.1) is 12.2 Å². The van der Waals surface area contributed by atoms with Crippen molar-refractivity contribution in [3.05, 3.63) is 40.5 Å². The van der Waals surface area contributed by atoms with E-state index in [0.29, 0.717) is 24.8 Å². The highest BCUT2D eigenvalue weighted by Gasteiger charge is 2.32. The van der Waals surface area contributed by atoms with Crippen LogP contribution in [-0.4, -0.2) is 33.5 Å². The summed E-state index contributed by atoms with van der Waals surface area (Å²) in [7, 11) is 0. The number of phenolic OH excluding ortho intramolecular Hbond substituents is 1. The number of aromatic hydroxyl groups is 1. The fourth-order valence-electron chi connectivity index (χ4n) is 2.80. The van der Waals surface area contributed by atoms with Crippen LogP contribution in [0, 0.1) is 0 Å². The molecule has 0 fully saturated rings. The first-order chi connectivity index (χ1) is 10.8. The van der Waals surface area contributed by atoms with Crippen molar-refractivity contribution >= 4 is 5.97 Å². The summed E-state index contributed by atoms with van der Waals surface area (Å²) in [5.41, 5.74) is 2.35. The zero-order valence-corrected chi connectivity index (χ0v) is 13.7. The molecule has 0 saturated carbocycles. The van der Waals surface area contributed by atoms with Crippen molar-refractivity contribution in [1.29, 1.82) is 0 Å². The van der Waals surface area contributed by atoms with Gasteiger partial charge in [-0.3, -0.25) is 0 Å². The van der Waals surface area contributed by atoms with E-state index in [1.807, 2.05) is 19.9 Å². The molecule has 0 amide bonds. The van der Waals surface area contributed by atoms with E-state index < -0.39 is 24.3 Å². The fraction of sp³-hybridized carbons (Fsp3) is 0.500. The minimum Gasteiger partial charge on any atom is -0.507 e. The van der Waals surface area contributed by atoms with Gasteiger partial charge in [-0.2, -0.15) is 0 Å². The fourth-order valence-corrected chi connectivity index (χ4v) is 2.80. The van der Waals surface area contributed by atoms with Crippen LogP contribution in [0.1, 0.15) is 61.2 Å². The third-order valence-electron chi connectivity index (χ3n) is 4.10. The predicted octanol–water partition coefficient (Wildman–Crippen LogP) is 2.63. The summed E-state index contributed by atoms with van der Waals surface area (Å²) in [4.78, 5) is 12.4. The molecule has 5 heteroatoms. The first-order valence-corrected chi connectivity index (χ1v) is 7.86. The summed E-state index contributed by atoms with van der Waals surface area (Å²) in [6.07, 6.45) is 0.877. The van der Waals surface area contributed by atoms with Crippen LogP contribution >= 0.6 is 0 Å². The molecule has 0 saturated heterocycles. The Labute approximate surface area is 136 Å². The van der Waals surface area contributed by atoms with E-state index in [4.69, 9.17) is 4.74 Å². The Balaban J connectivity index is 2.50. The van der Waals surface area contributed by atoms with Gasteiger partial charge < -0.3 is 20.1 Å². The number of hydrogen-bond acceptors (Lipinski definition) is 5. The summed E-state index contributed by atoms with van der Waals surface area (Å²) in [5.74, 6) is -0.919. The van der Waals surface area contributed by atoms with Crippen molar-refractivity contribution in [2.75, 3.05) is 0 Å². The standard InChI is InChI=1S/C18H24O5/c1-10(2)4-5-12-6-7-14(21)17-16(12)13(20)8-9-15(11(3)19)23-18(17)22/h4,6-7,11,13,15,19-21H,5,8-9H2,1-3H3/t11-,13-,15-/m1/s1. The average Bonchev–Trinajstić information content (AvgIpc) is 2.47. The van der Waals surface area contributed by atoms with Crippen molar-refractivity contribution in [3.63, 3.8) is 0 Å². The van der Waals surface area contributed by atoms with E-state index in [2.05, 4.69) is 0 Å². The second-order valence-corrected chi connectivity index (χ2v) is 6.30. The van der Waals surface area contributed by atoms with Gasteiger partial charge in [-0.05, 0) is 51.7 Å². The lowest BCUT2D eigenvalue weighted by Gasteiger charge is -2.28. The number of allylic oxidation sites excluding steroid dienone is 2. The second-order valence-electron chi connectivity index (χ2n) is 6.30. The van der Waals surface area contributed by atoms with E-state index in [-0.39, 0.29) is 11.3 Å². The Bertz CT molecular complexity index is 614. The molecular formula is C18H24O5. The van der Waals surface area contributed by atoms with Crippen LogP contribution in [0.15, 0.2) is 23.8 Å². The number of fused-ring (bicyclic) bond motifs is 1. The lowest BCUT2D eigenvalue weighted by atomic mass is 9.89. The number of carbonyl (C=O) groups excluding carboxylic acids is 1. The van der Waals surface area contributed by atoms with Crippen LogP contribution in [0.2, 0.25) is 0 Å². The molecular weight excluding hydrogens is 296 g/mol. The molecule has 0 bridgehead atoms. The largest absolute Gasteiger partial charge is 0.507 e. The van der Waals surface area contributed by atoms with Gasteiger partial charge in [0, 0.05) is 5.56 Å². The minimum atomic E-state index is -0.883. The third kappa shape index (κ3) is 3.92. The Morgan fingerprint density at radius 1 is 1.39 bits per heavy atom. The Kier molecular flexibility index (Phi) is 5.44. The van der Waals surface area contributed by atoms with Crippen LogP contribution in [-0.2, 0) is 11.2 Å². The second kappa shape index (κ2) is 7.15. The van der Waals surface area contributed by atoms with Crippen molar-refractivity contribution in [2.45, 2.75) is 58.3 Å². The number of rotatable bonds is 3. The quantitative estimate of drug-likeness (QED) is 0.589. The summed E-state index contributed by atoms with van der Waals surface area (Å²) in [5, 5.41) is 30.3. The number of esters is 1. The molecule has 2 rings (SSSR count). The molecule has 0 unspecified atom stereocenters. The Morgan fingerprint density at radius 3 is 2.70 bits per heavy atom. The van der Waals surface area contributed by atoms with Crippen LogP contribution < -0.4 is 0 Å². The zero-order chi connectivity index (χ0) is 17.1. The SMILES string of the molecule is CC(C)=CCc1ccc(O)c2c1[C@H](O)CC[C@H]([C@@H](C)O)OC2=O. The number of cyclic esters (lactones) is 1. The molecule has 0 spiro atoms. The number of ether oxygens (including phenoxy) is 1. The van der Waals surface area contributed by atoms with Gasteiger partial charge in [0.25, 0.3) is 0 Å². The smallest absolute Gasteiger partial charge is 0.342 e. The monoisotopic (exact) mass is 320 g/mol. The van der Waals surface area contributed by atoms with Gasteiger partial charge in [0.1, 0.15) is 17.4 Å². The lowest BCUT2D eigenvalue weighted by molar-refractivity contribution is -0.0241. The number of carbonyl (C=O) groups is 1. The maximum atomic E-state index is 12.4. The number of hydrogen-bond donors (Lipinski definition) is 3. The number of phenols is 1. The molecule has 23 heavy (non-hydrogen) atoms. The van der Waals surface area contributed by atoms with Gasteiger partial charge in [-0.1, -0.05) is 17.7 Å². The average molecular weight is 320 g/mol. The molecule has 0 aliphatic carbocycles. The van der Waals surface area contributed by atoms with Crippen LogP contribution in [0.5, 0.6) is 5.75 Å². The molecule has 3 N–H and O–H groups in total. The molecule has 3 atom stereocenters. The van der Waals surface area contributed by atoms with Crippen molar-refractivity contribution < 1.29 is 24.9 Å². The highest BCUT2D eigenvalue weighted by Crippen LogP contribution is 2.36. The van der Waals surface area contributed by atoms with Crippen molar-refractivity contribution in [3.8, 4) is 5.75 Å². The predicted molar refractivity (Wildman–Crippen MR) is 86.3 cm³/mol. The normalized spacial score (nSPS) is 22.4. The van der Waals surface area contributed by atoms with Gasteiger partial charge in [0.15, 0.2) is 0 Å². The first kappa shape index (κ1) is 17.5.